The number of carbonyl (C=O) groups excluding carboxylic acids is 2. The topological polar surface area (TPSA) is 136 Å². The Morgan fingerprint density at radius 3 is 2.50 bits per heavy atom. The zero-order valence-electron chi connectivity index (χ0n) is 19.3. The van der Waals surface area contributed by atoms with Crippen LogP contribution in [0.4, 0.5) is 10.5 Å². The summed E-state index contributed by atoms with van der Waals surface area (Å²) >= 11 is 0. The number of nitrogens with one attached hydrogen (secondary N) is 2. The van der Waals surface area contributed by atoms with E-state index in [0.29, 0.717) is 29.1 Å². The van der Waals surface area contributed by atoms with Crippen molar-refractivity contribution in [2.45, 2.75) is 38.8 Å². The van der Waals surface area contributed by atoms with Crippen LogP contribution in [-0.4, -0.2) is 39.7 Å². The number of carbonyl (C=O) groups is 2. The van der Waals surface area contributed by atoms with Crippen LogP contribution in [0.15, 0.2) is 54.7 Å². The summed E-state index contributed by atoms with van der Waals surface area (Å²) in [5.74, 6) is -0.000333. The van der Waals surface area contributed by atoms with Gasteiger partial charge >= 0.3 is 12.1 Å². The van der Waals surface area contributed by atoms with Crippen molar-refractivity contribution < 1.29 is 24.0 Å². The third-order valence-corrected chi connectivity index (χ3v) is 4.78. The Morgan fingerprint density at radius 1 is 1.18 bits per heavy atom. The maximum absolute atomic E-state index is 12.5. The molecule has 1 atom stereocenters. The average Bonchev–Trinajstić information content (AvgIpc) is 3.27. The van der Waals surface area contributed by atoms with Gasteiger partial charge in [-0.05, 0) is 50.6 Å². The van der Waals surface area contributed by atoms with Gasteiger partial charge in [0.15, 0.2) is 0 Å². The van der Waals surface area contributed by atoms with Crippen LogP contribution in [0.2, 0.25) is 0 Å². The zero-order valence-corrected chi connectivity index (χ0v) is 19.3. The molecule has 0 spiro atoms. The van der Waals surface area contributed by atoms with E-state index in [4.69, 9.17) is 9.47 Å². The highest BCUT2D eigenvalue weighted by Gasteiger charge is 2.23. The van der Waals surface area contributed by atoms with Gasteiger partial charge in [0.25, 0.3) is 5.69 Å². The van der Waals surface area contributed by atoms with Crippen LogP contribution in [0.25, 0.3) is 11.3 Å². The molecule has 0 aliphatic rings. The number of amides is 1. The third-order valence-electron chi connectivity index (χ3n) is 4.78. The molecule has 2 aromatic carbocycles. The Kier molecular flexibility index (Phi) is 7.30. The van der Waals surface area contributed by atoms with Crippen LogP contribution in [0.1, 0.15) is 48.6 Å². The number of esters is 1. The van der Waals surface area contributed by atoms with Crippen molar-refractivity contribution in [1.82, 2.24) is 15.3 Å². The van der Waals surface area contributed by atoms with Crippen molar-refractivity contribution in [3.63, 3.8) is 0 Å². The Bertz CT molecular complexity index is 1180. The summed E-state index contributed by atoms with van der Waals surface area (Å²) in [6, 6.07) is 12.3. The van der Waals surface area contributed by atoms with Crippen molar-refractivity contribution in [3.05, 3.63) is 81.8 Å². The number of aromatic amines is 1. The smallest absolute Gasteiger partial charge is 0.408 e. The van der Waals surface area contributed by atoms with Crippen molar-refractivity contribution >= 4 is 17.7 Å². The lowest BCUT2D eigenvalue weighted by atomic mass is 10.0. The minimum atomic E-state index is -0.688. The molecule has 0 aliphatic carbocycles. The Balaban J connectivity index is 1.89. The summed E-state index contributed by atoms with van der Waals surface area (Å²) in [6.07, 6.45) is 1.36. The monoisotopic (exact) mass is 466 g/mol. The number of nitrogens with zero attached hydrogens (tertiary/aromatic N) is 2. The number of hydrogen-bond acceptors (Lipinski definition) is 7. The second-order valence-corrected chi connectivity index (χ2v) is 8.57. The largest absolute Gasteiger partial charge is 0.465 e. The molecule has 3 aromatic rings. The number of non-ortho nitro benzene ring substituents is 1. The van der Waals surface area contributed by atoms with Crippen LogP contribution >= 0.6 is 0 Å². The SMILES string of the molecule is COC(=O)c1cccc(C[C@H](NC(=O)OC(C)(C)C)c2nc(-c3ccc([N+](=O)[O-])cc3)c[nH]2)c1. The zero-order chi connectivity index (χ0) is 24.9. The van der Waals surface area contributed by atoms with E-state index in [0.717, 1.165) is 5.56 Å². The number of imidazole rings is 1. The fourth-order valence-electron chi connectivity index (χ4n) is 3.26. The number of nitro groups is 1. The maximum atomic E-state index is 12.5. The minimum Gasteiger partial charge on any atom is -0.465 e. The summed E-state index contributed by atoms with van der Waals surface area (Å²) in [5, 5.41) is 13.7. The summed E-state index contributed by atoms with van der Waals surface area (Å²) < 4.78 is 10.2. The first-order chi connectivity index (χ1) is 16.1. The van der Waals surface area contributed by atoms with E-state index in [-0.39, 0.29) is 5.69 Å². The quantitative estimate of drug-likeness (QED) is 0.295. The first-order valence-corrected chi connectivity index (χ1v) is 10.5. The van der Waals surface area contributed by atoms with Crippen LogP contribution in [-0.2, 0) is 15.9 Å². The molecule has 1 heterocycles. The molecule has 2 N–H and O–H groups in total. The predicted molar refractivity (Wildman–Crippen MR) is 124 cm³/mol. The van der Waals surface area contributed by atoms with Crippen molar-refractivity contribution in [2.24, 2.45) is 0 Å². The number of H-pyrrole nitrogens is 1. The van der Waals surface area contributed by atoms with Gasteiger partial charge in [0, 0.05) is 30.3 Å². The van der Waals surface area contributed by atoms with Gasteiger partial charge in [0.1, 0.15) is 11.4 Å². The van der Waals surface area contributed by atoms with Gasteiger partial charge in [0.2, 0.25) is 0 Å². The van der Waals surface area contributed by atoms with E-state index in [9.17, 15) is 19.7 Å². The summed E-state index contributed by atoms with van der Waals surface area (Å²) in [7, 11) is 1.31. The molecular weight excluding hydrogens is 440 g/mol. The summed E-state index contributed by atoms with van der Waals surface area (Å²) in [5.41, 5.74) is 1.70. The molecule has 3 rings (SSSR count). The average molecular weight is 466 g/mol. The lowest BCUT2D eigenvalue weighted by molar-refractivity contribution is -0.384. The van der Waals surface area contributed by atoms with Crippen LogP contribution in [0.5, 0.6) is 0 Å². The fraction of sp³-hybridized carbons (Fsp3) is 0.292. The first kappa shape index (κ1) is 24.4. The van der Waals surface area contributed by atoms with E-state index in [1.165, 1.54) is 19.2 Å². The van der Waals surface area contributed by atoms with Gasteiger partial charge in [-0.2, -0.15) is 0 Å². The van der Waals surface area contributed by atoms with E-state index in [1.807, 2.05) is 6.07 Å². The molecule has 178 valence electrons. The predicted octanol–water partition coefficient (Wildman–Crippen LogP) is 4.58. The molecule has 0 saturated carbocycles. The standard InChI is InChI=1S/C24H26N4O6/c1-24(2,3)34-23(30)27-19(13-15-6-5-7-17(12-15)22(29)33-4)21-25-14-20(26-21)16-8-10-18(11-9-16)28(31)32/h5-12,14,19H,13H2,1-4H3,(H,25,26)(H,27,30)/t19-/m0/s1. The number of aromatic nitrogens is 2. The number of nitro benzene ring substituents is 1. The molecule has 10 heteroatoms. The summed E-state index contributed by atoms with van der Waals surface area (Å²) in [6.45, 7) is 5.29. The van der Waals surface area contributed by atoms with Gasteiger partial charge in [-0.15, -0.1) is 0 Å². The molecule has 0 unspecified atom stereocenters. The normalized spacial score (nSPS) is 12.0. The minimum absolute atomic E-state index is 0.0190. The second kappa shape index (κ2) is 10.2. The number of rotatable bonds is 7. The van der Waals surface area contributed by atoms with Crippen LogP contribution in [0, 0.1) is 10.1 Å². The van der Waals surface area contributed by atoms with Crippen molar-refractivity contribution in [2.75, 3.05) is 7.11 Å². The van der Waals surface area contributed by atoms with Crippen LogP contribution in [0.3, 0.4) is 0 Å². The molecule has 0 aliphatic heterocycles. The molecule has 0 bridgehead atoms. The number of ether oxygens (including phenoxy) is 2. The van der Waals surface area contributed by atoms with E-state index >= 15 is 0 Å². The lowest BCUT2D eigenvalue weighted by Gasteiger charge is -2.23. The fourth-order valence-corrected chi connectivity index (χ4v) is 3.26. The second-order valence-electron chi connectivity index (χ2n) is 8.57. The highest BCUT2D eigenvalue weighted by atomic mass is 16.6. The van der Waals surface area contributed by atoms with Gasteiger partial charge in [-0.25, -0.2) is 14.6 Å². The molecule has 1 amide bonds. The molecule has 0 radical (unpaired) electrons. The summed E-state index contributed by atoms with van der Waals surface area (Å²) in [4.78, 5) is 42.5. The highest BCUT2D eigenvalue weighted by Crippen LogP contribution is 2.24. The highest BCUT2D eigenvalue weighted by molar-refractivity contribution is 5.89. The van der Waals surface area contributed by atoms with E-state index in [2.05, 4.69) is 15.3 Å². The van der Waals surface area contributed by atoms with Crippen molar-refractivity contribution in [3.8, 4) is 11.3 Å². The van der Waals surface area contributed by atoms with E-state index in [1.54, 1.807) is 57.3 Å². The van der Waals surface area contributed by atoms with Crippen molar-refractivity contribution in [1.29, 1.82) is 0 Å². The first-order valence-electron chi connectivity index (χ1n) is 10.5. The third kappa shape index (κ3) is 6.41. The molecule has 1 aromatic heterocycles. The number of hydrogen-bond donors (Lipinski definition) is 2. The number of benzene rings is 2. The van der Waals surface area contributed by atoms with Crippen LogP contribution < -0.4 is 5.32 Å². The number of alkyl carbamates (subject to hydrolysis) is 1. The Morgan fingerprint density at radius 2 is 1.88 bits per heavy atom. The van der Waals surface area contributed by atoms with Gasteiger partial charge in [-0.3, -0.25) is 10.1 Å². The molecule has 0 saturated heterocycles. The van der Waals surface area contributed by atoms with Gasteiger partial charge in [0.05, 0.1) is 29.3 Å². The lowest BCUT2D eigenvalue weighted by Crippen LogP contribution is -2.36. The van der Waals surface area contributed by atoms with Gasteiger partial charge in [-0.1, -0.05) is 12.1 Å². The molecular formula is C24H26N4O6. The molecule has 10 nitrogen and oxygen atoms in total. The maximum Gasteiger partial charge on any atom is 0.408 e. The molecule has 34 heavy (non-hydrogen) atoms. The van der Waals surface area contributed by atoms with Gasteiger partial charge < -0.3 is 19.8 Å². The Labute approximate surface area is 196 Å². The molecule has 0 fully saturated rings. The Hall–Kier alpha value is -4.21. The van der Waals surface area contributed by atoms with E-state index < -0.39 is 28.6 Å². The number of methoxy groups -OCH3 is 1.